The molecule has 2 unspecified atom stereocenters. The predicted molar refractivity (Wildman–Crippen MR) is 126 cm³/mol. The smallest absolute Gasteiger partial charge is 0.262 e. The summed E-state index contributed by atoms with van der Waals surface area (Å²) < 4.78 is 0.901. The Morgan fingerprint density at radius 2 is 1.28 bits per heavy atom. The van der Waals surface area contributed by atoms with E-state index in [1.807, 2.05) is 67.5 Å². The van der Waals surface area contributed by atoms with E-state index in [1.54, 1.807) is 29.2 Å². The Hall–Kier alpha value is -3.45. The third kappa shape index (κ3) is 3.04. The lowest BCUT2D eigenvalue weighted by molar-refractivity contribution is -0.130. The number of fused-ring (bicyclic) bond motifs is 1. The Morgan fingerprint density at radius 1 is 0.719 bits per heavy atom. The van der Waals surface area contributed by atoms with E-state index in [9.17, 15) is 14.4 Å². The Kier molecular flexibility index (Phi) is 4.86. The van der Waals surface area contributed by atoms with Crippen LogP contribution in [0.4, 0.5) is 11.4 Å². The lowest BCUT2D eigenvalue weighted by Gasteiger charge is -2.49. The van der Waals surface area contributed by atoms with Gasteiger partial charge in [0, 0.05) is 29.9 Å². The number of rotatable bonds is 4. The molecule has 0 bridgehead atoms. The maximum absolute atomic E-state index is 13.4. The summed E-state index contributed by atoms with van der Waals surface area (Å²) in [6, 6.07) is 20.6. The molecule has 32 heavy (non-hydrogen) atoms. The summed E-state index contributed by atoms with van der Waals surface area (Å²) in [7, 11) is 3.91. The second-order valence-corrected chi connectivity index (χ2v) is 9.00. The predicted octanol–water partition coefficient (Wildman–Crippen LogP) is 4.27. The number of hydrogen-bond donors (Lipinski definition) is 0. The molecule has 0 radical (unpaired) electrons. The van der Waals surface area contributed by atoms with Gasteiger partial charge in [0.1, 0.15) is 6.04 Å². The van der Waals surface area contributed by atoms with Crippen molar-refractivity contribution in [2.75, 3.05) is 23.9 Å². The zero-order valence-corrected chi connectivity index (χ0v) is 19.1. The molecule has 0 spiro atoms. The van der Waals surface area contributed by atoms with Crippen LogP contribution in [0.1, 0.15) is 32.3 Å². The number of halogens is 1. The van der Waals surface area contributed by atoms with Crippen LogP contribution in [0.2, 0.25) is 0 Å². The summed E-state index contributed by atoms with van der Waals surface area (Å²) >= 11 is 3.42. The molecule has 7 heteroatoms. The highest BCUT2D eigenvalue weighted by Crippen LogP contribution is 2.44. The number of nitrogens with zero attached hydrogens (tertiary/aromatic N) is 3. The van der Waals surface area contributed by atoms with Crippen molar-refractivity contribution < 1.29 is 14.4 Å². The fraction of sp³-hybridized carbons (Fsp3) is 0.160. The zero-order chi connectivity index (χ0) is 22.6. The molecule has 160 valence electrons. The number of carbonyl (C=O) groups excluding carboxylic acids is 3. The van der Waals surface area contributed by atoms with Gasteiger partial charge in [0.2, 0.25) is 0 Å². The SMILES string of the molecule is CN(C)c1ccc(C2C(N3C(=O)c4ccccc4C3=O)C(=O)N2c2ccc(Br)cc2)cc1. The highest BCUT2D eigenvalue weighted by molar-refractivity contribution is 9.10. The van der Waals surface area contributed by atoms with Crippen molar-refractivity contribution in [2.24, 2.45) is 0 Å². The quantitative estimate of drug-likeness (QED) is 0.405. The minimum absolute atomic E-state index is 0.275. The highest BCUT2D eigenvalue weighted by Gasteiger charge is 2.57. The molecule has 1 saturated heterocycles. The second-order valence-electron chi connectivity index (χ2n) is 8.09. The zero-order valence-electron chi connectivity index (χ0n) is 17.5. The van der Waals surface area contributed by atoms with Gasteiger partial charge in [0.15, 0.2) is 0 Å². The summed E-state index contributed by atoms with van der Waals surface area (Å²) in [4.78, 5) is 44.4. The first-order chi connectivity index (χ1) is 15.4. The van der Waals surface area contributed by atoms with Gasteiger partial charge in [0.05, 0.1) is 17.2 Å². The van der Waals surface area contributed by atoms with Gasteiger partial charge >= 0.3 is 0 Å². The van der Waals surface area contributed by atoms with Crippen molar-refractivity contribution >= 4 is 45.0 Å². The minimum atomic E-state index is -0.892. The van der Waals surface area contributed by atoms with Crippen LogP contribution in [-0.4, -0.2) is 42.8 Å². The first kappa shape index (κ1) is 20.5. The molecule has 1 fully saturated rings. The van der Waals surface area contributed by atoms with Gasteiger partial charge in [-0.1, -0.05) is 40.2 Å². The van der Waals surface area contributed by atoms with E-state index in [2.05, 4.69) is 15.9 Å². The van der Waals surface area contributed by atoms with Gasteiger partial charge in [-0.3, -0.25) is 19.3 Å². The number of β-lactam (4-membered cyclic amide) rings is 1. The highest BCUT2D eigenvalue weighted by atomic mass is 79.9. The van der Waals surface area contributed by atoms with E-state index in [1.165, 1.54) is 0 Å². The number of hydrogen-bond acceptors (Lipinski definition) is 4. The van der Waals surface area contributed by atoms with E-state index in [-0.39, 0.29) is 5.91 Å². The van der Waals surface area contributed by atoms with E-state index in [4.69, 9.17) is 0 Å². The molecular weight excluding hydrogens is 470 g/mol. The Labute approximate surface area is 194 Å². The number of carbonyl (C=O) groups is 3. The van der Waals surface area contributed by atoms with Gasteiger partial charge in [0.25, 0.3) is 17.7 Å². The Morgan fingerprint density at radius 3 is 1.81 bits per heavy atom. The molecule has 0 aliphatic carbocycles. The van der Waals surface area contributed by atoms with Crippen molar-refractivity contribution in [3.63, 3.8) is 0 Å². The lowest BCUT2D eigenvalue weighted by Crippen LogP contribution is -2.67. The summed E-state index contributed by atoms with van der Waals surface area (Å²) in [6.07, 6.45) is 0. The van der Waals surface area contributed by atoms with Crippen molar-refractivity contribution in [3.8, 4) is 0 Å². The maximum atomic E-state index is 13.4. The van der Waals surface area contributed by atoms with Gasteiger partial charge in [-0.05, 0) is 54.1 Å². The van der Waals surface area contributed by atoms with Crippen LogP contribution in [0.3, 0.4) is 0 Å². The first-order valence-electron chi connectivity index (χ1n) is 10.2. The molecule has 0 aromatic heterocycles. The summed E-state index contributed by atoms with van der Waals surface area (Å²) in [5.41, 5.74) is 3.28. The van der Waals surface area contributed by atoms with Gasteiger partial charge in [-0.25, -0.2) is 0 Å². The standard InChI is InChI=1S/C25H20BrN3O3/c1-27(2)17-11-7-15(8-12-17)21-22(25(32)28(21)18-13-9-16(26)10-14-18)29-23(30)19-5-3-4-6-20(19)24(29)31/h3-14,21-22H,1-2H3. The average Bonchev–Trinajstić information content (AvgIpc) is 3.04. The first-order valence-corrected chi connectivity index (χ1v) is 11.0. The molecule has 2 atom stereocenters. The van der Waals surface area contributed by atoms with Crippen LogP contribution in [0.25, 0.3) is 0 Å². The molecular formula is C25H20BrN3O3. The number of benzene rings is 3. The van der Waals surface area contributed by atoms with E-state index in [0.717, 1.165) is 20.6 Å². The summed E-state index contributed by atoms with van der Waals surface area (Å²) in [6.45, 7) is 0. The van der Waals surface area contributed by atoms with Crippen LogP contribution in [0.5, 0.6) is 0 Å². The Bertz CT molecular complexity index is 1200. The van der Waals surface area contributed by atoms with E-state index < -0.39 is 23.9 Å². The van der Waals surface area contributed by atoms with Crippen LogP contribution in [0.15, 0.2) is 77.3 Å². The van der Waals surface area contributed by atoms with Crippen molar-refractivity contribution in [3.05, 3.63) is 94.0 Å². The number of amides is 3. The largest absolute Gasteiger partial charge is 0.378 e. The molecule has 5 rings (SSSR count). The van der Waals surface area contributed by atoms with Crippen LogP contribution in [-0.2, 0) is 4.79 Å². The van der Waals surface area contributed by atoms with Crippen LogP contribution in [0, 0.1) is 0 Å². The number of anilines is 2. The fourth-order valence-electron chi connectivity index (χ4n) is 4.38. The Balaban J connectivity index is 1.57. The van der Waals surface area contributed by atoms with Gasteiger partial charge in [-0.2, -0.15) is 0 Å². The molecule has 3 amide bonds. The topological polar surface area (TPSA) is 60.9 Å². The van der Waals surface area contributed by atoms with Gasteiger partial charge in [-0.15, -0.1) is 0 Å². The van der Waals surface area contributed by atoms with Crippen LogP contribution < -0.4 is 9.80 Å². The molecule has 0 saturated carbocycles. The van der Waals surface area contributed by atoms with Crippen molar-refractivity contribution in [1.29, 1.82) is 0 Å². The maximum Gasteiger partial charge on any atom is 0.262 e. The van der Waals surface area contributed by atoms with E-state index >= 15 is 0 Å². The molecule has 6 nitrogen and oxygen atoms in total. The second kappa shape index (κ2) is 7.60. The van der Waals surface area contributed by atoms with Gasteiger partial charge < -0.3 is 9.80 Å². The number of imide groups is 1. The summed E-state index contributed by atoms with van der Waals surface area (Å²) in [5, 5.41) is 0. The summed E-state index contributed by atoms with van der Waals surface area (Å²) in [5.74, 6) is -1.12. The van der Waals surface area contributed by atoms with Crippen LogP contribution >= 0.6 is 15.9 Å². The lowest BCUT2D eigenvalue weighted by atomic mass is 9.86. The van der Waals surface area contributed by atoms with Crippen molar-refractivity contribution in [1.82, 2.24) is 4.90 Å². The fourth-order valence-corrected chi connectivity index (χ4v) is 4.64. The third-order valence-corrected chi connectivity index (χ3v) is 6.56. The van der Waals surface area contributed by atoms with E-state index in [0.29, 0.717) is 16.8 Å². The molecule has 0 N–H and O–H groups in total. The third-order valence-electron chi connectivity index (χ3n) is 6.03. The molecule has 2 heterocycles. The monoisotopic (exact) mass is 489 g/mol. The van der Waals surface area contributed by atoms with Crippen molar-refractivity contribution in [2.45, 2.75) is 12.1 Å². The molecule has 3 aromatic rings. The minimum Gasteiger partial charge on any atom is -0.378 e. The molecule has 2 aliphatic heterocycles. The average molecular weight is 490 g/mol. The molecule has 3 aromatic carbocycles. The normalized spacial score (nSPS) is 19.8. The molecule has 2 aliphatic rings.